The maximum Gasteiger partial charge on any atom is 0.305 e. The molecule has 1 aromatic rings. The van der Waals surface area contributed by atoms with E-state index in [0.717, 1.165) is 6.42 Å². The lowest BCUT2D eigenvalue weighted by molar-refractivity contribution is -0.136. The van der Waals surface area contributed by atoms with E-state index in [4.69, 9.17) is 5.11 Å². The first-order valence-corrected chi connectivity index (χ1v) is 7.15. The van der Waals surface area contributed by atoms with Crippen LogP contribution in [0, 0.1) is 11.3 Å². The average Bonchev–Trinajstić information content (AvgIpc) is 2.38. The Balaban J connectivity index is 3.02. The lowest BCUT2D eigenvalue weighted by atomic mass is 10.1. The summed E-state index contributed by atoms with van der Waals surface area (Å²) in [6.45, 7) is 2.25. The topological polar surface area (TPSA) is 98.9 Å². The Morgan fingerprint density at radius 2 is 2.26 bits per heavy atom. The van der Waals surface area contributed by atoms with Crippen molar-refractivity contribution in [2.24, 2.45) is 0 Å². The number of nitrogens with one attached hydrogen (secondary N) is 1. The molecule has 1 aromatic heterocycles. The number of anilines is 1. The van der Waals surface area contributed by atoms with Crippen molar-refractivity contribution < 1.29 is 9.90 Å². The molecule has 0 aliphatic heterocycles. The normalized spacial score (nSPS) is 9.95. The third kappa shape index (κ3) is 4.41. The summed E-state index contributed by atoms with van der Waals surface area (Å²) in [7, 11) is 0. The predicted molar refractivity (Wildman–Crippen MR) is 73.3 cm³/mol. The Labute approximate surface area is 116 Å². The van der Waals surface area contributed by atoms with Crippen LogP contribution in [0.5, 0.6) is 0 Å². The van der Waals surface area contributed by atoms with Crippen molar-refractivity contribution in [2.45, 2.75) is 31.3 Å². The number of nitrogens with zero attached hydrogens (tertiary/aromatic N) is 3. The number of carbonyl (C=O) groups is 1. The summed E-state index contributed by atoms with van der Waals surface area (Å²) in [6.07, 6.45) is 3.42. The van der Waals surface area contributed by atoms with E-state index in [2.05, 4.69) is 21.4 Å². The number of aromatic nitrogens is 2. The first kappa shape index (κ1) is 15.2. The number of hydrogen-bond donors (Lipinski definition) is 2. The summed E-state index contributed by atoms with van der Waals surface area (Å²) in [5, 5.41) is 21.3. The molecule has 0 saturated heterocycles. The molecule has 0 aliphatic carbocycles. The number of carboxylic acids is 1. The Bertz CT molecular complexity index is 499. The molecule has 0 fully saturated rings. The van der Waals surface area contributed by atoms with Crippen molar-refractivity contribution >= 4 is 23.5 Å². The second-order valence-electron chi connectivity index (χ2n) is 3.81. The maximum atomic E-state index is 10.5. The molecular weight excluding hydrogens is 264 g/mol. The fraction of sp³-hybridized carbons (Fsp3) is 0.500. The highest BCUT2D eigenvalue weighted by Gasteiger charge is 2.13. The van der Waals surface area contributed by atoms with E-state index in [0.29, 0.717) is 28.7 Å². The molecule has 19 heavy (non-hydrogen) atoms. The molecule has 102 valence electrons. The lowest BCUT2D eigenvalue weighted by Gasteiger charge is -2.10. The van der Waals surface area contributed by atoms with Gasteiger partial charge in [-0.05, 0) is 12.7 Å². The maximum absolute atomic E-state index is 10.5. The monoisotopic (exact) mass is 280 g/mol. The van der Waals surface area contributed by atoms with E-state index in [9.17, 15) is 10.1 Å². The molecule has 0 aliphatic rings. The van der Waals surface area contributed by atoms with Crippen molar-refractivity contribution in [3.63, 3.8) is 0 Å². The van der Waals surface area contributed by atoms with Gasteiger partial charge in [0.15, 0.2) is 5.16 Å². The number of aliphatic carboxylic acids is 1. The molecule has 0 amide bonds. The Morgan fingerprint density at radius 1 is 1.53 bits per heavy atom. The molecule has 0 saturated carbocycles. The minimum Gasteiger partial charge on any atom is -0.481 e. The highest BCUT2D eigenvalue weighted by molar-refractivity contribution is 7.98. The van der Waals surface area contributed by atoms with Crippen molar-refractivity contribution in [2.75, 3.05) is 18.1 Å². The van der Waals surface area contributed by atoms with E-state index >= 15 is 0 Å². The summed E-state index contributed by atoms with van der Waals surface area (Å²) < 4.78 is 0. The van der Waals surface area contributed by atoms with E-state index in [-0.39, 0.29) is 13.0 Å². The van der Waals surface area contributed by atoms with Gasteiger partial charge in [0.05, 0.1) is 12.1 Å². The van der Waals surface area contributed by atoms with E-state index in [1.807, 2.05) is 13.2 Å². The third-order valence-electron chi connectivity index (χ3n) is 2.38. The SMILES string of the molecule is CCCc1nc(SC)nc(NCCC(=O)O)c1C#N. The Hall–Kier alpha value is -1.81. The van der Waals surface area contributed by atoms with Crippen LogP contribution >= 0.6 is 11.8 Å². The van der Waals surface area contributed by atoms with Crippen LogP contribution in [0.1, 0.15) is 31.0 Å². The fourth-order valence-electron chi connectivity index (χ4n) is 1.53. The second-order valence-corrected chi connectivity index (χ2v) is 4.59. The summed E-state index contributed by atoms with van der Waals surface area (Å²) >= 11 is 1.39. The standard InChI is InChI=1S/C12H16N4O2S/c1-3-4-9-8(7-13)11(14-6-5-10(17)18)16-12(15-9)19-2/h3-6H2,1-2H3,(H,17,18)(H,14,15,16). The van der Waals surface area contributed by atoms with Gasteiger partial charge in [0.1, 0.15) is 17.5 Å². The number of thioether (sulfide) groups is 1. The van der Waals surface area contributed by atoms with Gasteiger partial charge < -0.3 is 10.4 Å². The van der Waals surface area contributed by atoms with E-state index in [1.165, 1.54) is 11.8 Å². The zero-order chi connectivity index (χ0) is 14.3. The quantitative estimate of drug-likeness (QED) is 0.581. The van der Waals surface area contributed by atoms with Gasteiger partial charge in [-0.2, -0.15) is 5.26 Å². The van der Waals surface area contributed by atoms with Crippen LogP contribution in [0.25, 0.3) is 0 Å². The first-order chi connectivity index (χ1) is 9.12. The van der Waals surface area contributed by atoms with Crippen molar-refractivity contribution in [3.8, 4) is 6.07 Å². The Kier molecular flexibility index (Phi) is 6.09. The van der Waals surface area contributed by atoms with Crippen molar-refractivity contribution in [1.29, 1.82) is 5.26 Å². The molecule has 0 spiro atoms. The van der Waals surface area contributed by atoms with Gasteiger partial charge in [-0.3, -0.25) is 4.79 Å². The van der Waals surface area contributed by atoms with Crippen LogP contribution in [0.4, 0.5) is 5.82 Å². The number of aryl methyl sites for hydroxylation is 1. The summed E-state index contributed by atoms with van der Waals surface area (Å²) in [4.78, 5) is 19.1. The predicted octanol–water partition coefficient (Wildman–Crippen LogP) is 1.91. The number of nitriles is 1. The molecule has 7 heteroatoms. The highest BCUT2D eigenvalue weighted by Crippen LogP contribution is 2.21. The number of rotatable bonds is 7. The van der Waals surface area contributed by atoms with Crippen molar-refractivity contribution in [1.82, 2.24) is 9.97 Å². The van der Waals surface area contributed by atoms with Gasteiger partial charge in [-0.25, -0.2) is 9.97 Å². The molecule has 0 unspecified atom stereocenters. The van der Waals surface area contributed by atoms with Gasteiger partial charge in [0, 0.05) is 6.54 Å². The summed E-state index contributed by atoms with van der Waals surface area (Å²) in [5.74, 6) is -0.467. The molecule has 0 aromatic carbocycles. The molecule has 0 bridgehead atoms. The van der Waals surface area contributed by atoms with E-state index < -0.39 is 5.97 Å². The average molecular weight is 280 g/mol. The van der Waals surface area contributed by atoms with Gasteiger partial charge in [-0.15, -0.1) is 0 Å². The van der Waals surface area contributed by atoms with Crippen LogP contribution in [-0.2, 0) is 11.2 Å². The van der Waals surface area contributed by atoms with Crippen LogP contribution < -0.4 is 5.32 Å². The molecule has 1 rings (SSSR count). The zero-order valence-corrected chi connectivity index (χ0v) is 11.8. The summed E-state index contributed by atoms with van der Waals surface area (Å²) in [6, 6.07) is 2.09. The molecule has 0 atom stereocenters. The molecular formula is C12H16N4O2S. The van der Waals surface area contributed by atoms with Crippen molar-refractivity contribution in [3.05, 3.63) is 11.3 Å². The molecule has 6 nitrogen and oxygen atoms in total. The van der Waals surface area contributed by atoms with Crippen LogP contribution in [0.2, 0.25) is 0 Å². The number of hydrogen-bond acceptors (Lipinski definition) is 6. The number of carboxylic acid groups (broad SMARTS) is 1. The van der Waals surface area contributed by atoms with Crippen LogP contribution in [0.3, 0.4) is 0 Å². The lowest BCUT2D eigenvalue weighted by Crippen LogP contribution is -2.12. The van der Waals surface area contributed by atoms with Crippen LogP contribution in [0.15, 0.2) is 5.16 Å². The van der Waals surface area contributed by atoms with Gasteiger partial charge in [0.2, 0.25) is 0 Å². The fourth-order valence-corrected chi connectivity index (χ4v) is 1.91. The second kappa shape index (κ2) is 7.59. The zero-order valence-electron chi connectivity index (χ0n) is 10.9. The van der Waals surface area contributed by atoms with E-state index in [1.54, 1.807) is 0 Å². The van der Waals surface area contributed by atoms with Gasteiger partial charge in [-0.1, -0.05) is 25.1 Å². The minimum atomic E-state index is -0.890. The third-order valence-corrected chi connectivity index (χ3v) is 2.92. The smallest absolute Gasteiger partial charge is 0.305 e. The Morgan fingerprint density at radius 3 is 2.79 bits per heavy atom. The highest BCUT2D eigenvalue weighted by atomic mass is 32.2. The van der Waals surface area contributed by atoms with Crippen LogP contribution in [-0.4, -0.2) is 33.8 Å². The van der Waals surface area contributed by atoms with Gasteiger partial charge in [0.25, 0.3) is 0 Å². The molecule has 1 heterocycles. The molecule has 2 N–H and O–H groups in total. The largest absolute Gasteiger partial charge is 0.481 e. The summed E-state index contributed by atoms with van der Waals surface area (Å²) in [5.41, 5.74) is 1.12. The first-order valence-electron chi connectivity index (χ1n) is 5.93. The molecule has 0 radical (unpaired) electrons. The van der Waals surface area contributed by atoms with Gasteiger partial charge >= 0.3 is 5.97 Å². The minimum absolute atomic E-state index is 0.0212.